The predicted octanol–water partition coefficient (Wildman–Crippen LogP) is 2.59. The second-order valence-electron chi connectivity index (χ2n) is 6.28. The maximum absolute atomic E-state index is 12.4. The molecule has 1 amide bonds. The molecule has 2 rings (SSSR count). The summed E-state index contributed by atoms with van der Waals surface area (Å²) in [5, 5.41) is 15.0. The van der Waals surface area contributed by atoms with Crippen molar-refractivity contribution in [2.24, 2.45) is 5.10 Å². The number of carbonyl (C=O) groups excluding carboxylic acids is 1. The molecule has 0 atom stereocenters. The van der Waals surface area contributed by atoms with E-state index in [0.717, 1.165) is 23.3 Å². The smallest absolute Gasteiger partial charge is 0.328 e. The fourth-order valence-corrected chi connectivity index (χ4v) is 3.19. The zero-order chi connectivity index (χ0) is 21.6. The van der Waals surface area contributed by atoms with Crippen molar-refractivity contribution in [3.63, 3.8) is 0 Å². The molecule has 2 aromatic rings. The maximum Gasteiger partial charge on any atom is 0.328 e. The number of aryl methyl sites for hydroxylation is 2. The number of hydrazone groups is 1. The number of anilines is 1. The number of nitrogens with one attached hydrogen (secondary N) is 2. The van der Waals surface area contributed by atoms with Gasteiger partial charge >= 0.3 is 5.97 Å². The first-order valence-electron chi connectivity index (χ1n) is 8.54. The van der Waals surface area contributed by atoms with Gasteiger partial charge in [0.2, 0.25) is 5.91 Å². The van der Waals surface area contributed by atoms with Crippen molar-refractivity contribution < 1.29 is 23.1 Å². The van der Waals surface area contributed by atoms with Crippen LogP contribution in [0.25, 0.3) is 0 Å². The molecule has 152 valence electrons. The summed E-state index contributed by atoms with van der Waals surface area (Å²) in [4.78, 5) is 24.3. The van der Waals surface area contributed by atoms with Crippen LogP contribution in [0.1, 0.15) is 23.6 Å². The van der Waals surface area contributed by atoms with Gasteiger partial charge in [-0.2, -0.15) is 18.4 Å². The van der Waals surface area contributed by atoms with Crippen LogP contribution in [0.5, 0.6) is 0 Å². The van der Waals surface area contributed by atoms with Gasteiger partial charge in [-0.25, -0.2) is 4.79 Å². The van der Waals surface area contributed by atoms with Gasteiger partial charge in [0.05, 0.1) is 10.6 Å². The Balaban J connectivity index is 2.08. The lowest BCUT2D eigenvalue weighted by Crippen LogP contribution is -2.20. The van der Waals surface area contributed by atoms with Gasteiger partial charge in [0.1, 0.15) is 0 Å². The number of carboxylic acid groups (broad SMARTS) is 1. The molecule has 0 unspecified atom stereocenters. The van der Waals surface area contributed by atoms with Crippen LogP contribution in [0, 0.1) is 13.8 Å². The van der Waals surface area contributed by atoms with Crippen molar-refractivity contribution in [2.75, 3.05) is 5.32 Å². The first-order chi connectivity index (χ1) is 13.6. The van der Waals surface area contributed by atoms with Crippen molar-refractivity contribution >= 4 is 33.3 Å². The minimum absolute atomic E-state index is 0.129. The van der Waals surface area contributed by atoms with Gasteiger partial charge in [0.15, 0.2) is 0 Å². The summed E-state index contributed by atoms with van der Waals surface area (Å²) in [6, 6.07) is 11.3. The fraction of sp³-hybridized carbons (Fsp3) is 0.150. The van der Waals surface area contributed by atoms with Crippen molar-refractivity contribution in [2.45, 2.75) is 25.7 Å². The third-order valence-corrected chi connectivity index (χ3v) is 5.28. The van der Waals surface area contributed by atoms with Crippen molar-refractivity contribution in [1.82, 2.24) is 4.83 Å². The number of rotatable bonds is 7. The molecule has 9 heteroatoms. The minimum atomic E-state index is -3.79. The van der Waals surface area contributed by atoms with Gasteiger partial charge in [0.25, 0.3) is 10.0 Å². The zero-order valence-electron chi connectivity index (χ0n) is 16.1. The molecule has 0 fully saturated rings. The monoisotopic (exact) mass is 415 g/mol. The van der Waals surface area contributed by atoms with E-state index in [1.54, 1.807) is 43.3 Å². The standard InChI is InChI=1S/C20H21N3O5S/c1-13-4-9-18(12-14(13)2)29(27,28)23-22-15(3)16-5-7-17(8-6-16)21-19(24)10-11-20(25)26/h4-12,23H,1-3H3,(H,21,24)(H,25,26)/b11-10+,22-15-. The molecule has 3 N–H and O–H groups in total. The average Bonchev–Trinajstić information content (AvgIpc) is 2.67. The Morgan fingerprint density at radius 3 is 2.24 bits per heavy atom. The summed E-state index contributed by atoms with van der Waals surface area (Å²) in [5.41, 5.74) is 3.39. The van der Waals surface area contributed by atoms with E-state index in [1.165, 1.54) is 6.07 Å². The molecule has 0 bridgehead atoms. The van der Waals surface area contributed by atoms with Crippen molar-refractivity contribution in [3.05, 3.63) is 71.3 Å². The number of benzene rings is 2. The molecule has 0 spiro atoms. The maximum atomic E-state index is 12.4. The summed E-state index contributed by atoms with van der Waals surface area (Å²) >= 11 is 0. The summed E-state index contributed by atoms with van der Waals surface area (Å²) < 4.78 is 24.8. The summed E-state index contributed by atoms with van der Waals surface area (Å²) in [7, 11) is -3.79. The number of sulfonamides is 1. The minimum Gasteiger partial charge on any atom is -0.478 e. The molecule has 0 radical (unpaired) electrons. The van der Waals surface area contributed by atoms with Crippen molar-refractivity contribution in [1.29, 1.82) is 0 Å². The van der Waals surface area contributed by atoms with Crippen LogP contribution in [0.4, 0.5) is 5.69 Å². The third kappa shape index (κ3) is 6.28. The first kappa shape index (κ1) is 21.8. The number of carboxylic acids is 1. The Bertz CT molecular complexity index is 1090. The predicted molar refractivity (Wildman–Crippen MR) is 110 cm³/mol. The van der Waals surface area contributed by atoms with Gasteiger partial charge in [-0.1, -0.05) is 18.2 Å². The summed E-state index contributed by atoms with van der Waals surface area (Å²) in [6.07, 6.45) is 1.65. The van der Waals surface area contributed by atoms with Crippen molar-refractivity contribution in [3.8, 4) is 0 Å². The van der Waals surface area contributed by atoms with Gasteiger partial charge in [-0.3, -0.25) is 4.79 Å². The van der Waals surface area contributed by atoms with Gasteiger partial charge in [-0.15, -0.1) is 0 Å². The normalized spacial score (nSPS) is 12.0. The highest BCUT2D eigenvalue weighted by atomic mass is 32.2. The Kier molecular flexibility index (Phi) is 6.89. The molecule has 8 nitrogen and oxygen atoms in total. The largest absolute Gasteiger partial charge is 0.478 e. The molecular formula is C20H21N3O5S. The second-order valence-corrected chi connectivity index (χ2v) is 7.94. The highest BCUT2D eigenvalue weighted by Gasteiger charge is 2.14. The van der Waals surface area contributed by atoms with Crippen LogP contribution in [0.3, 0.4) is 0 Å². The van der Waals surface area contributed by atoms with E-state index in [9.17, 15) is 18.0 Å². The van der Waals surface area contributed by atoms with E-state index in [4.69, 9.17) is 5.11 Å². The number of hydrogen-bond acceptors (Lipinski definition) is 5. The lowest BCUT2D eigenvalue weighted by molar-refractivity contribution is -0.131. The lowest BCUT2D eigenvalue weighted by Gasteiger charge is -2.08. The molecule has 0 aliphatic rings. The average molecular weight is 415 g/mol. The summed E-state index contributed by atoms with van der Waals surface area (Å²) in [6.45, 7) is 5.38. The number of nitrogens with zero attached hydrogens (tertiary/aromatic N) is 1. The topological polar surface area (TPSA) is 125 Å². The number of carbonyl (C=O) groups is 2. The SMILES string of the molecule is C/C(=N/NS(=O)(=O)c1ccc(C)c(C)c1)c1ccc(NC(=O)/C=C/C(=O)O)cc1. The number of aliphatic carboxylic acids is 1. The van der Waals surface area contributed by atoms with Gasteiger partial charge in [0, 0.05) is 17.8 Å². The molecule has 0 saturated heterocycles. The van der Waals surface area contributed by atoms with E-state index < -0.39 is 21.9 Å². The Morgan fingerprint density at radius 1 is 1.00 bits per heavy atom. The molecular weight excluding hydrogens is 394 g/mol. The van der Waals surface area contributed by atoms with Gasteiger partial charge < -0.3 is 10.4 Å². The lowest BCUT2D eigenvalue weighted by atomic mass is 10.1. The molecule has 2 aromatic carbocycles. The quantitative estimate of drug-likeness (QED) is 0.364. The van der Waals surface area contributed by atoms with Crippen LogP contribution < -0.4 is 10.1 Å². The zero-order valence-corrected chi connectivity index (χ0v) is 16.9. The molecule has 0 aliphatic heterocycles. The molecule has 0 heterocycles. The molecule has 0 saturated carbocycles. The third-order valence-electron chi connectivity index (χ3n) is 4.07. The Labute approximate surface area is 169 Å². The fourth-order valence-electron chi connectivity index (χ4n) is 2.25. The Morgan fingerprint density at radius 2 is 1.66 bits per heavy atom. The van der Waals surface area contributed by atoms with E-state index in [-0.39, 0.29) is 4.90 Å². The number of hydrogen-bond donors (Lipinski definition) is 3. The highest BCUT2D eigenvalue weighted by molar-refractivity contribution is 7.89. The molecule has 0 aromatic heterocycles. The van der Waals surface area contributed by atoms with Gasteiger partial charge in [-0.05, 0) is 61.7 Å². The first-order valence-corrected chi connectivity index (χ1v) is 10.0. The van der Waals surface area contributed by atoms with Crippen LogP contribution in [-0.4, -0.2) is 31.1 Å². The van der Waals surface area contributed by atoms with E-state index in [0.29, 0.717) is 17.0 Å². The van der Waals surface area contributed by atoms with Crippen LogP contribution in [-0.2, 0) is 19.6 Å². The second kappa shape index (κ2) is 9.16. The van der Waals surface area contributed by atoms with E-state index >= 15 is 0 Å². The summed E-state index contributed by atoms with van der Waals surface area (Å²) in [5.74, 6) is -1.79. The van der Waals surface area contributed by atoms with Crippen LogP contribution in [0.15, 0.2) is 64.6 Å². The molecule has 29 heavy (non-hydrogen) atoms. The van der Waals surface area contributed by atoms with E-state index in [1.807, 2.05) is 13.8 Å². The Hall–Kier alpha value is -3.46. The van der Waals surface area contributed by atoms with Crippen LogP contribution >= 0.6 is 0 Å². The van der Waals surface area contributed by atoms with Crippen LogP contribution in [0.2, 0.25) is 0 Å². The van der Waals surface area contributed by atoms with E-state index in [2.05, 4.69) is 15.2 Å². The number of amides is 1. The molecule has 0 aliphatic carbocycles. The highest BCUT2D eigenvalue weighted by Crippen LogP contribution is 2.15.